The highest BCUT2D eigenvalue weighted by Gasteiger charge is 2.15. The van der Waals surface area contributed by atoms with Gasteiger partial charge in [-0.05, 0) is 6.07 Å². The van der Waals surface area contributed by atoms with Gasteiger partial charge in [-0.3, -0.25) is 10.1 Å². The number of halogens is 2. The van der Waals surface area contributed by atoms with E-state index in [9.17, 15) is 10.1 Å². The number of hydrogen-bond donors (Lipinski definition) is 1. The fraction of sp³-hybridized carbons (Fsp3) is 0. The lowest BCUT2D eigenvalue weighted by Crippen LogP contribution is -1.88. The molecule has 0 fully saturated rings. The van der Waals surface area contributed by atoms with E-state index in [-0.39, 0.29) is 21.5 Å². The van der Waals surface area contributed by atoms with Crippen molar-refractivity contribution in [2.45, 2.75) is 0 Å². The molecule has 0 unspecified atom stereocenters. The molecule has 0 amide bonds. The molecular weight excluding hydrogens is 205 g/mol. The summed E-state index contributed by atoms with van der Waals surface area (Å²) < 4.78 is 0. The summed E-state index contributed by atoms with van der Waals surface area (Å²) in [4.78, 5) is 9.56. The van der Waals surface area contributed by atoms with Gasteiger partial charge in [0, 0.05) is 0 Å². The molecule has 0 saturated heterocycles. The van der Waals surface area contributed by atoms with E-state index in [2.05, 4.69) is 0 Å². The van der Waals surface area contributed by atoms with Gasteiger partial charge in [-0.1, -0.05) is 23.2 Å². The van der Waals surface area contributed by atoms with E-state index in [0.717, 1.165) is 12.1 Å². The molecule has 0 aliphatic rings. The number of phenolic OH excluding ortho intramolecular Hbond substituents is 1. The van der Waals surface area contributed by atoms with Crippen molar-refractivity contribution in [1.29, 1.82) is 0 Å². The Kier molecular flexibility index (Phi) is 2.40. The highest BCUT2D eigenvalue weighted by molar-refractivity contribution is 6.36. The van der Waals surface area contributed by atoms with Gasteiger partial charge in [0.2, 0.25) is 0 Å². The van der Waals surface area contributed by atoms with Crippen molar-refractivity contribution in [2.24, 2.45) is 0 Å². The quantitative estimate of drug-likeness (QED) is 0.569. The Hall–Kier alpha value is -1.00. The standard InChI is InChI=1S/C6H3Cl2NO3/c7-3-1-4(8)6(10)2-5(3)9(11)12/h1-2,10H. The summed E-state index contributed by atoms with van der Waals surface area (Å²) in [6.07, 6.45) is 0. The zero-order valence-corrected chi connectivity index (χ0v) is 7.13. The van der Waals surface area contributed by atoms with Gasteiger partial charge in [-0.25, -0.2) is 0 Å². The number of hydrogen-bond acceptors (Lipinski definition) is 3. The van der Waals surface area contributed by atoms with E-state index in [1.807, 2.05) is 0 Å². The monoisotopic (exact) mass is 207 g/mol. The number of nitro benzene ring substituents is 1. The summed E-state index contributed by atoms with van der Waals surface area (Å²) in [6, 6.07) is 2.03. The van der Waals surface area contributed by atoms with Gasteiger partial charge in [-0.15, -0.1) is 0 Å². The van der Waals surface area contributed by atoms with Crippen LogP contribution in [0.2, 0.25) is 10.0 Å². The minimum absolute atomic E-state index is 0.00870. The molecule has 0 aliphatic carbocycles. The lowest BCUT2D eigenvalue weighted by molar-refractivity contribution is -0.384. The van der Waals surface area contributed by atoms with Crippen molar-refractivity contribution in [3.8, 4) is 5.75 Å². The molecule has 0 spiro atoms. The molecule has 0 radical (unpaired) electrons. The Morgan fingerprint density at radius 2 is 1.92 bits per heavy atom. The van der Waals surface area contributed by atoms with Gasteiger partial charge in [0.05, 0.1) is 16.0 Å². The van der Waals surface area contributed by atoms with Crippen molar-refractivity contribution in [1.82, 2.24) is 0 Å². The minimum Gasteiger partial charge on any atom is -0.506 e. The van der Waals surface area contributed by atoms with Gasteiger partial charge in [0.25, 0.3) is 5.69 Å². The average molecular weight is 208 g/mol. The molecule has 0 bridgehead atoms. The van der Waals surface area contributed by atoms with Crippen LogP contribution in [0, 0.1) is 10.1 Å². The van der Waals surface area contributed by atoms with Gasteiger partial charge in [0.15, 0.2) is 0 Å². The first kappa shape index (κ1) is 9.09. The molecule has 1 aromatic rings. The number of benzene rings is 1. The van der Waals surface area contributed by atoms with Crippen molar-refractivity contribution in [2.75, 3.05) is 0 Å². The minimum atomic E-state index is -0.696. The summed E-state index contributed by atoms with van der Waals surface area (Å²) in [5.41, 5.74) is -0.362. The molecule has 0 aliphatic heterocycles. The molecule has 0 heterocycles. The van der Waals surface area contributed by atoms with Crippen LogP contribution < -0.4 is 0 Å². The lowest BCUT2D eigenvalue weighted by atomic mass is 10.3. The van der Waals surface area contributed by atoms with Gasteiger partial charge >= 0.3 is 0 Å². The predicted octanol–water partition coefficient (Wildman–Crippen LogP) is 2.61. The van der Waals surface area contributed by atoms with Crippen molar-refractivity contribution >= 4 is 28.9 Å². The Labute approximate surface area is 77.5 Å². The topological polar surface area (TPSA) is 63.4 Å². The molecule has 6 heteroatoms. The third kappa shape index (κ3) is 1.60. The fourth-order valence-electron chi connectivity index (χ4n) is 0.666. The molecule has 0 saturated carbocycles. The molecule has 12 heavy (non-hydrogen) atoms. The summed E-state index contributed by atoms with van der Waals surface area (Å²) in [5, 5.41) is 19.1. The van der Waals surface area contributed by atoms with E-state index in [0.29, 0.717) is 0 Å². The van der Waals surface area contributed by atoms with Gasteiger partial charge in [0.1, 0.15) is 10.8 Å². The molecule has 0 aromatic heterocycles. The van der Waals surface area contributed by atoms with Crippen LogP contribution in [-0.2, 0) is 0 Å². The van der Waals surface area contributed by atoms with Crippen LogP contribution in [0.15, 0.2) is 12.1 Å². The number of phenols is 1. The zero-order valence-electron chi connectivity index (χ0n) is 5.62. The molecule has 1 rings (SSSR count). The maximum Gasteiger partial charge on any atom is 0.291 e. The van der Waals surface area contributed by atoms with E-state index in [4.69, 9.17) is 28.3 Å². The van der Waals surface area contributed by atoms with Crippen LogP contribution in [0.1, 0.15) is 0 Å². The van der Waals surface area contributed by atoms with Crippen molar-refractivity contribution in [3.63, 3.8) is 0 Å². The summed E-state index contributed by atoms with van der Waals surface area (Å²) in [6.45, 7) is 0. The number of aromatic hydroxyl groups is 1. The molecule has 1 aromatic carbocycles. The lowest BCUT2D eigenvalue weighted by Gasteiger charge is -1.97. The summed E-state index contributed by atoms with van der Waals surface area (Å²) >= 11 is 10.9. The summed E-state index contributed by atoms with van der Waals surface area (Å²) in [7, 11) is 0. The Morgan fingerprint density at radius 3 is 2.42 bits per heavy atom. The second-order valence-corrected chi connectivity index (χ2v) is 2.83. The Balaban J connectivity index is 3.33. The SMILES string of the molecule is O=[N+]([O-])c1cc(O)c(Cl)cc1Cl. The first-order valence-corrected chi connectivity index (χ1v) is 3.60. The van der Waals surface area contributed by atoms with Gasteiger partial charge in [-0.2, -0.15) is 0 Å². The van der Waals surface area contributed by atoms with E-state index in [1.54, 1.807) is 0 Å². The fourth-order valence-corrected chi connectivity index (χ4v) is 1.12. The first-order valence-electron chi connectivity index (χ1n) is 2.85. The zero-order chi connectivity index (χ0) is 9.30. The van der Waals surface area contributed by atoms with E-state index in [1.165, 1.54) is 0 Å². The third-order valence-corrected chi connectivity index (χ3v) is 1.82. The maximum atomic E-state index is 10.3. The number of nitrogens with zero attached hydrogens (tertiary/aromatic N) is 1. The predicted molar refractivity (Wildman–Crippen MR) is 44.8 cm³/mol. The Morgan fingerprint density at radius 1 is 1.33 bits per heavy atom. The molecular formula is C6H3Cl2NO3. The molecule has 4 nitrogen and oxygen atoms in total. The smallest absolute Gasteiger partial charge is 0.291 e. The second kappa shape index (κ2) is 3.16. The summed E-state index contributed by atoms with van der Waals surface area (Å²) in [5.74, 6) is -0.354. The van der Waals surface area contributed by atoms with Crippen molar-refractivity contribution in [3.05, 3.63) is 32.3 Å². The second-order valence-electron chi connectivity index (χ2n) is 2.01. The van der Waals surface area contributed by atoms with Gasteiger partial charge < -0.3 is 5.11 Å². The molecule has 64 valence electrons. The van der Waals surface area contributed by atoms with Crippen LogP contribution in [0.3, 0.4) is 0 Å². The van der Waals surface area contributed by atoms with E-state index < -0.39 is 4.92 Å². The molecule has 1 N–H and O–H groups in total. The third-order valence-electron chi connectivity index (χ3n) is 1.21. The Bertz CT molecular complexity index is 340. The van der Waals surface area contributed by atoms with E-state index >= 15 is 0 Å². The van der Waals surface area contributed by atoms with Crippen LogP contribution in [0.4, 0.5) is 5.69 Å². The average Bonchev–Trinajstić information content (AvgIpc) is 1.96. The van der Waals surface area contributed by atoms with Crippen LogP contribution in [0.5, 0.6) is 5.75 Å². The van der Waals surface area contributed by atoms with Crippen LogP contribution in [-0.4, -0.2) is 10.0 Å². The largest absolute Gasteiger partial charge is 0.506 e. The first-order chi connectivity index (χ1) is 5.52. The highest BCUT2D eigenvalue weighted by atomic mass is 35.5. The van der Waals surface area contributed by atoms with Crippen LogP contribution in [0.25, 0.3) is 0 Å². The maximum absolute atomic E-state index is 10.3. The highest BCUT2D eigenvalue weighted by Crippen LogP contribution is 2.34. The van der Waals surface area contributed by atoms with Crippen molar-refractivity contribution < 1.29 is 10.0 Å². The number of rotatable bonds is 1. The van der Waals surface area contributed by atoms with Crippen LogP contribution >= 0.6 is 23.2 Å². The molecule has 0 atom stereocenters. The normalized spacial score (nSPS) is 9.83. The number of nitro groups is 1.